The van der Waals surface area contributed by atoms with E-state index in [1.54, 1.807) is 32.6 Å². The van der Waals surface area contributed by atoms with Gasteiger partial charge in [-0.3, -0.25) is 9.48 Å². The number of aryl methyl sites for hydroxylation is 1. The second-order valence-corrected chi connectivity index (χ2v) is 5.71. The number of carbonyl (C=O) groups is 1. The molecule has 1 aromatic rings. The molecule has 0 radical (unpaired) electrons. The Morgan fingerprint density at radius 1 is 1.56 bits per heavy atom. The van der Waals surface area contributed by atoms with Crippen LogP contribution in [0.1, 0.15) is 49.8 Å². The van der Waals surface area contributed by atoms with Crippen LogP contribution < -0.4 is 0 Å². The second-order valence-electron chi connectivity index (χ2n) is 5.71. The summed E-state index contributed by atoms with van der Waals surface area (Å²) in [5, 5.41) is 14.0. The topological polar surface area (TPSA) is 58.4 Å². The van der Waals surface area contributed by atoms with Crippen molar-refractivity contribution in [2.24, 2.45) is 7.05 Å². The first-order valence-electron chi connectivity index (χ1n) is 6.13. The third-order valence-corrected chi connectivity index (χ3v) is 2.68. The van der Waals surface area contributed by atoms with E-state index in [-0.39, 0.29) is 18.4 Å². The molecular weight excluding hydrogens is 230 g/mol. The van der Waals surface area contributed by atoms with Gasteiger partial charge in [0.1, 0.15) is 5.69 Å². The summed E-state index contributed by atoms with van der Waals surface area (Å²) in [7, 11) is 3.44. The Labute approximate surface area is 108 Å². The number of hydrogen-bond donors (Lipinski definition) is 1. The van der Waals surface area contributed by atoms with Gasteiger partial charge in [0.05, 0.1) is 11.3 Å². The van der Waals surface area contributed by atoms with Gasteiger partial charge in [-0.15, -0.1) is 0 Å². The summed E-state index contributed by atoms with van der Waals surface area (Å²) < 4.78 is 1.60. The van der Waals surface area contributed by atoms with Crippen molar-refractivity contribution in [1.29, 1.82) is 0 Å². The molecule has 0 saturated carbocycles. The summed E-state index contributed by atoms with van der Waals surface area (Å²) in [5.41, 5.74) is 0.548. The van der Waals surface area contributed by atoms with Crippen LogP contribution in [-0.2, 0) is 7.05 Å². The molecule has 0 aliphatic carbocycles. The third-order valence-electron chi connectivity index (χ3n) is 2.68. The van der Waals surface area contributed by atoms with Gasteiger partial charge in [0.25, 0.3) is 5.91 Å². The maximum absolute atomic E-state index is 12.2. The van der Waals surface area contributed by atoms with Gasteiger partial charge in [-0.25, -0.2) is 0 Å². The average molecular weight is 253 g/mol. The molecule has 102 valence electrons. The Kier molecular flexibility index (Phi) is 4.16. The molecule has 5 nitrogen and oxygen atoms in total. The number of rotatable bonds is 4. The zero-order chi connectivity index (χ0) is 14.1. The predicted octanol–water partition coefficient (Wildman–Crippen LogP) is 1.39. The van der Waals surface area contributed by atoms with E-state index in [4.69, 9.17) is 0 Å². The van der Waals surface area contributed by atoms with Crippen LogP contribution in [0, 0.1) is 0 Å². The zero-order valence-corrected chi connectivity index (χ0v) is 12.1. The van der Waals surface area contributed by atoms with E-state index < -0.39 is 5.60 Å². The zero-order valence-electron chi connectivity index (χ0n) is 12.1. The van der Waals surface area contributed by atoms with Crippen LogP contribution in [-0.4, -0.2) is 44.9 Å². The molecule has 0 saturated heterocycles. The van der Waals surface area contributed by atoms with Gasteiger partial charge in [0.2, 0.25) is 0 Å². The largest absolute Gasteiger partial charge is 0.389 e. The SMILES string of the molecule is CC(C)c1cc(C(=O)N(C)CC(C)(C)O)n(C)n1. The first-order valence-corrected chi connectivity index (χ1v) is 6.13. The van der Waals surface area contributed by atoms with Crippen molar-refractivity contribution >= 4 is 5.91 Å². The fourth-order valence-corrected chi connectivity index (χ4v) is 1.82. The second kappa shape index (κ2) is 5.10. The van der Waals surface area contributed by atoms with Crippen molar-refractivity contribution in [1.82, 2.24) is 14.7 Å². The van der Waals surface area contributed by atoms with Crippen LogP contribution in [0.4, 0.5) is 0 Å². The maximum Gasteiger partial charge on any atom is 0.271 e. The van der Waals surface area contributed by atoms with Gasteiger partial charge >= 0.3 is 0 Å². The first kappa shape index (κ1) is 14.7. The Morgan fingerprint density at radius 2 is 2.11 bits per heavy atom. The lowest BCUT2D eigenvalue weighted by Gasteiger charge is -2.25. The summed E-state index contributed by atoms with van der Waals surface area (Å²) in [6.45, 7) is 7.72. The molecule has 0 fully saturated rings. The molecule has 1 heterocycles. The lowest BCUT2D eigenvalue weighted by Crippen LogP contribution is -2.40. The minimum Gasteiger partial charge on any atom is -0.389 e. The van der Waals surface area contributed by atoms with Gasteiger partial charge in [-0.2, -0.15) is 5.10 Å². The predicted molar refractivity (Wildman–Crippen MR) is 70.6 cm³/mol. The molecule has 5 heteroatoms. The molecule has 0 atom stereocenters. The van der Waals surface area contributed by atoms with Crippen LogP contribution in [0.3, 0.4) is 0 Å². The van der Waals surface area contributed by atoms with Gasteiger partial charge in [-0.05, 0) is 25.8 Å². The van der Waals surface area contributed by atoms with Crippen molar-refractivity contribution in [3.05, 3.63) is 17.5 Å². The molecule has 1 amide bonds. The number of carbonyl (C=O) groups excluding carboxylic acids is 1. The fourth-order valence-electron chi connectivity index (χ4n) is 1.82. The molecule has 1 N–H and O–H groups in total. The van der Waals surface area contributed by atoms with Crippen molar-refractivity contribution in [3.8, 4) is 0 Å². The monoisotopic (exact) mass is 253 g/mol. The highest BCUT2D eigenvalue weighted by Gasteiger charge is 2.23. The van der Waals surface area contributed by atoms with E-state index in [1.807, 2.05) is 19.9 Å². The highest BCUT2D eigenvalue weighted by molar-refractivity contribution is 5.92. The summed E-state index contributed by atoms with van der Waals surface area (Å²) in [4.78, 5) is 13.7. The molecule has 0 aliphatic rings. The maximum atomic E-state index is 12.2. The molecule has 0 aromatic carbocycles. The van der Waals surface area contributed by atoms with Gasteiger partial charge in [0.15, 0.2) is 0 Å². The van der Waals surface area contributed by atoms with Crippen molar-refractivity contribution < 1.29 is 9.90 Å². The Morgan fingerprint density at radius 3 is 2.50 bits per heavy atom. The van der Waals surface area contributed by atoms with E-state index in [9.17, 15) is 9.90 Å². The molecule has 18 heavy (non-hydrogen) atoms. The molecule has 0 bridgehead atoms. The fraction of sp³-hybridized carbons (Fsp3) is 0.692. The van der Waals surface area contributed by atoms with E-state index in [2.05, 4.69) is 5.10 Å². The van der Waals surface area contributed by atoms with Crippen molar-refractivity contribution in [3.63, 3.8) is 0 Å². The minimum absolute atomic E-state index is 0.126. The molecule has 0 aliphatic heterocycles. The van der Waals surface area contributed by atoms with Crippen LogP contribution in [0.15, 0.2) is 6.07 Å². The van der Waals surface area contributed by atoms with Crippen LogP contribution in [0.2, 0.25) is 0 Å². The van der Waals surface area contributed by atoms with Crippen LogP contribution in [0.5, 0.6) is 0 Å². The van der Waals surface area contributed by atoms with E-state index in [1.165, 1.54) is 4.90 Å². The van der Waals surface area contributed by atoms with Crippen molar-refractivity contribution in [2.45, 2.75) is 39.2 Å². The summed E-state index contributed by atoms with van der Waals surface area (Å²) >= 11 is 0. The first-order chi connectivity index (χ1) is 8.11. The molecule has 0 unspecified atom stereocenters. The summed E-state index contributed by atoms with van der Waals surface area (Å²) in [5.74, 6) is 0.163. The molecule has 0 spiro atoms. The van der Waals surface area contributed by atoms with Crippen LogP contribution >= 0.6 is 0 Å². The lowest BCUT2D eigenvalue weighted by atomic mass is 10.1. The number of aromatic nitrogens is 2. The molecule has 1 aromatic heterocycles. The van der Waals surface area contributed by atoms with Gasteiger partial charge in [0, 0.05) is 20.6 Å². The number of hydrogen-bond acceptors (Lipinski definition) is 3. The number of nitrogens with zero attached hydrogens (tertiary/aromatic N) is 3. The highest BCUT2D eigenvalue weighted by atomic mass is 16.3. The normalized spacial score (nSPS) is 12.0. The summed E-state index contributed by atoms with van der Waals surface area (Å²) in [6, 6.07) is 1.81. The highest BCUT2D eigenvalue weighted by Crippen LogP contribution is 2.15. The van der Waals surface area contributed by atoms with Crippen LogP contribution in [0.25, 0.3) is 0 Å². The summed E-state index contributed by atoms with van der Waals surface area (Å²) in [6.07, 6.45) is 0. The van der Waals surface area contributed by atoms with E-state index in [0.29, 0.717) is 5.69 Å². The molecule has 1 rings (SSSR count). The third kappa shape index (κ3) is 3.57. The van der Waals surface area contributed by atoms with Gasteiger partial charge in [-0.1, -0.05) is 13.8 Å². The lowest BCUT2D eigenvalue weighted by molar-refractivity contribution is 0.0362. The minimum atomic E-state index is -0.899. The Hall–Kier alpha value is -1.36. The van der Waals surface area contributed by atoms with Gasteiger partial charge < -0.3 is 10.0 Å². The number of amides is 1. The molecular formula is C13H23N3O2. The smallest absolute Gasteiger partial charge is 0.271 e. The van der Waals surface area contributed by atoms with Crippen molar-refractivity contribution in [2.75, 3.05) is 13.6 Å². The standard InChI is InChI=1S/C13H23N3O2/c1-9(2)10-7-11(16(6)14-10)12(17)15(5)8-13(3,4)18/h7,9,18H,8H2,1-6H3. The van der Waals surface area contributed by atoms with E-state index in [0.717, 1.165) is 5.69 Å². The average Bonchev–Trinajstić information content (AvgIpc) is 2.56. The Balaban J connectivity index is 2.90. The van der Waals surface area contributed by atoms with E-state index >= 15 is 0 Å². The quantitative estimate of drug-likeness (QED) is 0.882. The number of aliphatic hydroxyl groups is 1. The number of likely N-dealkylation sites (N-methyl/N-ethyl adjacent to an activating group) is 1. The Bertz CT molecular complexity index is 430.